The molecular formula is C8H10N2O4. The second kappa shape index (κ2) is 4.40. The molecule has 0 fully saturated rings. The molecule has 0 amide bonds. The van der Waals surface area contributed by atoms with Crippen LogP contribution in [-0.2, 0) is 11.3 Å². The van der Waals surface area contributed by atoms with Crippen LogP contribution >= 0.6 is 0 Å². The van der Waals surface area contributed by atoms with Gasteiger partial charge in [-0.1, -0.05) is 0 Å². The van der Waals surface area contributed by atoms with Crippen molar-refractivity contribution in [3.63, 3.8) is 0 Å². The maximum absolute atomic E-state index is 10.4. The summed E-state index contributed by atoms with van der Waals surface area (Å²) in [5.74, 6) is -1.95. The standard InChI is InChI=1S/C8H10N2O4/c11-7(12)2-1-4-10-5-3-6(9-10)8(13)14/h3,5H,1-2,4H2,(H,11,12)(H,13,14). The molecular weight excluding hydrogens is 188 g/mol. The predicted octanol–water partition coefficient (Wildman–Crippen LogP) is 0.446. The van der Waals surface area contributed by atoms with Crippen LogP contribution in [-0.4, -0.2) is 31.9 Å². The molecule has 0 aliphatic carbocycles. The van der Waals surface area contributed by atoms with Crippen LogP contribution in [0, 0.1) is 0 Å². The molecule has 6 heteroatoms. The number of aryl methyl sites for hydroxylation is 1. The van der Waals surface area contributed by atoms with Crippen LogP contribution in [0.2, 0.25) is 0 Å². The van der Waals surface area contributed by atoms with E-state index >= 15 is 0 Å². The normalized spacial score (nSPS) is 10.0. The number of carboxylic acids is 2. The van der Waals surface area contributed by atoms with Crippen molar-refractivity contribution >= 4 is 11.9 Å². The first-order valence-corrected chi connectivity index (χ1v) is 4.08. The highest BCUT2D eigenvalue weighted by Crippen LogP contribution is 1.98. The van der Waals surface area contributed by atoms with Gasteiger partial charge in [0.1, 0.15) is 0 Å². The van der Waals surface area contributed by atoms with E-state index in [1.807, 2.05) is 0 Å². The zero-order chi connectivity index (χ0) is 10.6. The van der Waals surface area contributed by atoms with Gasteiger partial charge in [-0.2, -0.15) is 5.10 Å². The van der Waals surface area contributed by atoms with Gasteiger partial charge < -0.3 is 10.2 Å². The van der Waals surface area contributed by atoms with Gasteiger partial charge in [0.2, 0.25) is 0 Å². The molecule has 0 aliphatic rings. The summed E-state index contributed by atoms with van der Waals surface area (Å²) >= 11 is 0. The molecule has 14 heavy (non-hydrogen) atoms. The van der Waals surface area contributed by atoms with Crippen molar-refractivity contribution in [1.82, 2.24) is 9.78 Å². The summed E-state index contributed by atoms with van der Waals surface area (Å²) in [7, 11) is 0. The van der Waals surface area contributed by atoms with Crippen LogP contribution in [0.1, 0.15) is 23.3 Å². The first kappa shape index (κ1) is 10.2. The lowest BCUT2D eigenvalue weighted by molar-refractivity contribution is -0.137. The van der Waals surface area contributed by atoms with Gasteiger partial charge in [-0.3, -0.25) is 9.48 Å². The molecule has 2 N–H and O–H groups in total. The number of nitrogens with zero attached hydrogens (tertiary/aromatic N) is 2. The molecule has 1 rings (SSSR count). The maximum Gasteiger partial charge on any atom is 0.356 e. The minimum Gasteiger partial charge on any atom is -0.481 e. The lowest BCUT2D eigenvalue weighted by Gasteiger charge is -1.97. The number of aliphatic carboxylic acids is 1. The lowest BCUT2D eigenvalue weighted by Crippen LogP contribution is -2.04. The van der Waals surface area contributed by atoms with Crippen LogP contribution < -0.4 is 0 Å². The fraction of sp³-hybridized carbons (Fsp3) is 0.375. The van der Waals surface area contributed by atoms with Crippen molar-refractivity contribution in [2.75, 3.05) is 0 Å². The third-order valence-electron chi connectivity index (χ3n) is 1.64. The van der Waals surface area contributed by atoms with E-state index < -0.39 is 11.9 Å². The Bertz CT molecular complexity index is 345. The average Bonchev–Trinajstić information content (AvgIpc) is 2.52. The fourth-order valence-electron chi connectivity index (χ4n) is 0.993. The van der Waals surface area contributed by atoms with Crippen molar-refractivity contribution in [2.45, 2.75) is 19.4 Å². The molecule has 0 bridgehead atoms. The van der Waals surface area contributed by atoms with Gasteiger partial charge in [0, 0.05) is 19.2 Å². The number of aromatic nitrogens is 2. The summed E-state index contributed by atoms with van der Waals surface area (Å²) in [4.78, 5) is 20.6. The van der Waals surface area contributed by atoms with E-state index in [0.717, 1.165) is 0 Å². The lowest BCUT2D eigenvalue weighted by atomic mass is 10.3. The molecule has 76 valence electrons. The molecule has 0 unspecified atom stereocenters. The van der Waals surface area contributed by atoms with E-state index in [4.69, 9.17) is 10.2 Å². The van der Waals surface area contributed by atoms with Crippen molar-refractivity contribution in [3.05, 3.63) is 18.0 Å². The molecule has 0 radical (unpaired) electrons. The molecule has 1 aromatic rings. The van der Waals surface area contributed by atoms with Crippen molar-refractivity contribution in [1.29, 1.82) is 0 Å². The highest BCUT2D eigenvalue weighted by molar-refractivity contribution is 5.85. The Morgan fingerprint density at radius 3 is 2.64 bits per heavy atom. The van der Waals surface area contributed by atoms with Gasteiger partial charge in [-0.25, -0.2) is 4.79 Å². The third-order valence-corrected chi connectivity index (χ3v) is 1.64. The molecule has 6 nitrogen and oxygen atoms in total. The van der Waals surface area contributed by atoms with Gasteiger partial charge in [-0.05, 0) is 12.5 Å². The quantitative estimate of drug-likeness (QED) is 0.716. The molecule has 0 aliphatic heterocycles. The second-order valence-electron chi connectivity index (χ2n) is 2.77. The van der Waals surface area contributed by atoms with Crippen molar-refractivity contribution in [3.8, 4) is 0 Å². The number of aromatic carboxylic acids is 1. The second-order valence-corrected chi connectivity index (χ2v) is 2.77. The van der Waals surface area contributed by atoms with E-state index in [1.54, 1.807) is 0 Å². The van der Waals surface area contributed by atoms with Crippen LogP contribution in [0.25, 0.3) is 0 Å². The van der Waals surface area contributed by atoms with Crippen molar-refractivity contribution < 1.29 is 19.8 Å². The van der Waals surface area contributed by atoms with Gasteiger partial charge >= 0.3 is 11.9 Å². The number of carbonyl (C=O) groups is 2. The fourth-order valence-corrected chi connectivity index (χ4v) is 0.993. The molecule has 0 saturated heterocycles. The highest BCUT2D eigenvalue weighted by atomic mass is 16.4. The van der Waals surface area contributed by atoms with Crippen LogP contribution in [0.15, 0.2) is 12.3 Å². The van der Waals surface area contributed by atoms with Gasteiger partial charge in [0.25, 0.3) is 0 Å². The van der Waals surface area contributed by atoms with Crippen LogP contribution in [0.4, 0.5) is 0 Å². The summed E-state index contributed by atoms with van der Waals surface area (Å²) in [5.41, 5.74) is -0.0275. The first-order valence-electron chi connectivity index (χ1n) is 4.08. The first-order chi connectivity index (χ1) is 6.59. The summed E-state index contributed by atoms with van der Waals surface area (Å²) in [6, 6.07) is 1.38. The van der Waals surface area contributed by atoms with E-state index in [1.165, 1.54) is 16.9 Å². The van der Waals surface area contributed by atoms with Crippen LogP contribution in [0.3, 0.4) is 0 Å². The molecule has 1 heterocycles. The Kier molecular flexibility index (Phi) is 3.22. The Morgan fingerprint density at radius 1 is 1.43 bits per heavy atom. The Labute approximate surface area is 79.8 Å². The van der Waals surface area contributed by atoms with E-state index in [0.29, 0.717) is 13.0 Å². The van der Waals surface area contributed by atoms with Crippen molar-refractivity contribution in [2.24, 2.45) is 0 Å². The van der Waals surface area contributed by atoms with Crippen LogP contribution in [0.5, 0.6) is 0 Å². The van der Waals surface area contributed by atoms with E-state index in [9.17, 15) is 9.59 Å². The highest BCUT2D eigenvalue weighted by Gasteiger charge is 2.06. The number of hydrogen-bond donors (Lipinski definition) is 2. The SMILES string of the molecule is O=C(O)CCCn1ccc(C(=O)O)n1. The zero-order valence-electron chi connectivity index (χ0n) is 7.38. The summed E-state index contributed by atoms with van der Waals surface area (Å²) in [5, 5.41) is 20.6. The number of rotatable bonds is 5. The van der Waals surface area contributed by atoms with E-state index in [-0.39, 0.29) is 12.1 Å². The predicted molar refractivity (Wildman–Crippen MR) is 46.1 cm³/mol. The van der Waals surface area contributed by atoms with Gasteiger partial charge in [0.15, 0.2) is 5.69 Å². The Balaban J connectivity index is 2.44. The third kappa shape index (κ3) is 2.89. The molecule has 0 spiro atoms. The van der Waals surface area contributed by atoms with Gasteiger partial charge in [-0.15, -0.1) is 0 Å². The molecule has 1 aromatic heterocycles. The smallest absolute Gasteiger partial charge is 0.356 e. The van der Waals surface area contributed by atoms with Gasteiger partial charge in [0.05, 0.1) is 0 Å². The maximum atomic E-state index is 10.4. The minimum atomic E-state index is -1.08. The number of carboxylic acid groups (broad SMARTS) is 2. The summed E-state index contributed by atoms with van der Waals surface area (Å²) in [6.07, 6.45) is 2.02. The minimum absolute atomic E-state index is 0.0275. The monoisotopic (exact) mass is 198 g/mol. The summed E-state index contributed by atoms with van der Waals surface area (Å²) in [6.45, 7) is 0.416. The largest absolute Gasteiger partial charge is 0.481 e. The molecule has 0 aromatic carbocycles. The number of hydrogen-bond acceptors (Lipinski definition) is 3. The van der Waals surface area contributed by atoms with E-state index in [2.05, 4.69) is 5.10 Å². The Morgan fingerprint density at radius 2 is 2.14 bits per heavy atom. The summed E-state index contributed by atoms with van der Waals surface area (Å²) < 4.78 is 1.42. The average molecular weight is 198 g/mol. The molecule has 0 atom stereocenters. The Hall–Kier alpha value is -1.85. The molecule has 0 saturated carbocycles. The zero-order valence-corrected chi connectivity index (χ0v) is 7.38. The topological polar surface area (TPSA) is 92.4 Å².